The third-order valence-electron chi connectivity index (χ3n) is 2.78. The maximum absolute atomic E-state index is 10.8. The highest BCUT2D eigenvalue weighted by molar-refractivity contribution is 6.30. The van der Waals surface area contributed by atoms with Gasteiger partial charge >= 0.3 is 5.97 Å². The molecule has 0 spiro atoms. The summed E-state index contributed by atoms with van der Waals surface area (Å²) in [6.07, 6.45) is 0. The van der Waals surface area contributed by atoms with E-state index in [2.05, 4.69) is 5.10 Å². The molecule has 0 aliphatic rings. The first-order chi connectivity index (χ1) is 8.49. The van der Waals surface area contributed by atoms with E-state index in [1.54, 1.807) is 6.07 Å². The highest BCUT2D eigenvalue weighted by Crippen LogP contribution is 2.28. The summed E-state index contributed by atoms with van der Waals surface area (Å²) in [4.78, 5) is 10.8. The third kappa shape index (κ3) is 2.38. The van der Waals surface area contributed by atoms with Gasteiger partial charge in [-0.25, -0.2) is 0 Å². The van der Waals surface area contributed by atoms with Crippen LogP contribution in [-0.2, 0) is 11.3 Å². The minimum atomic E-state index is -0.904. The Balaban J connectivity index is 2.51. The van der Waals surface area contributed by atoms with Gasteiger partial charge in [-0.3, -0.25) is 9.48 Å². The van der Waals surface area contributed by atoms with Gasteiger partial charge in [-0.2, -0.15) is 5.10 Å². The number of aromatic nitrogens is 2. The smallest absolute Gasteiger partial charge is 0.325 e. The van der Waals surface area contributed by atoms with Crippen LogP contribution in [0.25, 0.3) is 11.1 Å². The Morgan fingerprint density at radius 3 is 2.78 bits per heavy atom. The maximum Gasteiger partial charge on any atom is 0.325 e. The summed E-state index contributed by atoms with van der Waals surface area (Å²) in [6.45, 7) is 3.59. The lowest BCUT2D eigenvalue weighted by molar-refractivity contribution is -0.137. The Labute approximate surface area is 110 Å². The van der Waals surface area contributed by atoms with E-state index in [9.17, 15) is 4.79 Å². The molecular formula is C13H13ClN2O2. The molecule has 0 aliphatic carbocycles. The Bertz CT molecular complexity index is 605. The molecule has 0 unspecified atom stereocenters. The monoisotopic (exact) mass is 264 g/mol. The SMILES string of the molecule is Cc1nn(CC(=O)O)c(C)c1-c1cccc(Cl)c1. The van der Waals surface area contributed by atoms with Crippen molar-refractivity contribution >= 4 is 17.6 Å². The van der Waals surface area contributed by atoms with Gasteiger partial charge in [0, 0.05) is 16.3 Å². The average Bonchev–Trinajstić information content (AvgIpc) is 2.53. The van der Waals surface area contributed by atoms with Crippen molar-refractivity contribution in [1.82, 2.24) is 9.78 Å². The van der Waals surface area contributed by atoms with E-state index in [4.69, 9.17) is 16.7 Å². The Morgan fingerprint density at radius 1 is 1.44 bits per heavy atom. The van der Waals surface area contributed by atoms with Gasteiger partial charge < -0.3 is 5.11 Å². The van der Waals surface area contributed by atoms with Gasteiger partial charge in [0.2, 0.25) is 0 Å². The number of hydrogen-bond acceptors (Lipinski definition) is 2. The maximum atomic E-state index is 10.8. The first-order valence-electron chi connectivity index (χ1n) is 5.51. The number of carboxylic acids is 1. The van der Waals surface area contributed by atoms with Gasteiger partial charge in [0.05, 0.1) is 5.69 Å². The molecule has 0 radical (unpaired) electrons. The summed E-state index contributed by atoms with van der Waals surface area (Å²) in [5.41, 5.74) is 3.53. The van der Waals surface area contributed by atoms with Crippen LogP contribution in [0.3, 0.4) is 0 Å². The lowest BCUT2D eigenvalue weighted by atomic mass is 10.0. The van der Waals surface area contributed by atoms with Crippen molar-refractivity contribution in [3.63, 3.8) is 0 Å². The van der Waals surface area contributed by atoms with Crippen LogP contribution < -0.4 is 0 Å². The molecular weight excluding hydrogens is 252 g/mol. The normalized spacial score (nSPS) is 10.6. The summed E-state index contributed by atoms with van der Waals surface area (Å²) < 4.78 is 1.49. The molecule has 0 fully saturated rings. The van der Waals surface area contributed by atoms with E-state index in [-0.39, 0.29) is 6.54 Å². The van der Waals surface area contributed by atoms with Crippen molar-refractivity contribution in [2.45, 2.75) is 20.4 Å². The number of aliphatic carboxylic acids is 1. The van der Waals surface area contributed by atoms with Crippen molar-refractivity contribution in [3.8, 4) is 11.1 Å². The molecule has 0 saturated carbocycles. The van der Waals surface area contributed by atoms with E-state index in [1.807, 2.05) is 32.0 Å². The number of halogens is 1. The molecule has 0 amide bonds. The zero-order valence-electron chi connectivity index (χ0n) is 10.1. The predicted octanol–water partition coefficient (Wildman–Crippen LogP) is 2.90. The zero-order valence-corrected chi connectivity index (χ0v) is 10.9. The minimum Gasteiger partial charge on any atom is -0.480 e. The number of carbonyl (C=O) groups is 1. The van der Waals surface area contributed by atoms with Crippen LogP contribution in [0.5, 0.6) is 0 Å². The number of rotatable bonds is 3. The molecule has 5 heteroatoms. The largest absolute Gasteiger partial charge is 0.480 e. The Kier molecular flexibility index (Phi) is 3.39. The molecule has 94 valence electrons. The quantitative estimate of drug-likeness (QED) is 0.927. The van der Waals surface area contributed by atoms with Gasteiger partial charge in [-0.15, -0.1) is 0 Å². The van der Waals surface area contributed by atoms with E-state index in [0.717, 1.165) is 22.5 Å². The van der Waals surface area contributed by atoms with Crippen molar-refractivity contribution in [2.24, 2.45) is 0 Å². The van der Waals surface area contributed by atoms with Crippen LogP contribution in [0.1, 0.15) is 11.4 Å². The van der Waals surface area contributed by atoms with Crippen molar-refractivity contribution < 1.29 is 9.90 Å². The van der Waals surface area contributed by atoms with E-state index >= 15 is 0 Å². The number of aryl methyl sites for hydroxylation is 1. The molecule has 0 aliphatic heterocycles. The number of hydrogen-bond donors (Lipinski definition) is 1. The van der Waals surface area contributed by atoms with Gasteiger partial charge in [-0.1, -0.05) is 23.7 Å². The van der Waals surface area contributed by atoms with Gasteiger partial charge in [0.1, 0.15) is 6.54 Å². The Hall–Kier alpha value is -1.81. The Morgan fingerprint density at radius 2 is 2.17 bits per heavy atom. The molecule has 4 nitrogen and oxygen atoms in total. The zero-order chi connectivity index (χ0) is 13.3. The van der Waals surface area contributed by atoms with Crippen LogP contribution >= 0.6 is 11.6 Å². The summed E-state index contributed by atoms with van der Waals surface area (Å²) >= 11 is 5.97. The van der Waals surface area contributed by atoms with Crippen molar-refractivity contribution in [2.75, 3.05) is 0 Å². The molecule has 2 aromatic rings. The molecule has 1 N–H and O–H groups in total. The second-order valence-electron chi connectivity index (χ2n) is 4.11. The first-order valence-corrected chi connectivity index (χ1v) is 5.88. The fourth-order valence-electron chi connectivity index (χ4n) is 2.04. The third-order valence-corrected chi connectivity index (χ3v) is 3.01. The van der Waals surface area contributed by atoms with E-state index < -0.39 is 5.97 Å². The minimum absolute atomic E-state index is 0.132. The van der Waals surface area contributed by atoms with Crippen LogP contribution in [-0.4, -0.2) is 20.9 Å². The molecule has 0 saturated heterocycles. The van der Waals surface area contributed by atoms with Crippen molar-refractivity contribution in [3.05, 3.63) is 40.7 Å². The lowest BCUT2D eigenvalue weighted by Crippen LogP contribution is -2.11. The fraction of sp³-hybridized carbons (Fsp3) is 0.231. The van der Waals surface area contributed by atoms with Gasteiger partial charge in [0.25, 0.3) is 0 Å². The van der Waals surface area contributed by atoms with Crippen LogP contribution in [0, 0.1) is 13.8 Å². The molecule has 18 heavy (non-hydrogen) atoms. The van der Waals surface area contributed by atoms with Crippen LogP contribution in [0.2, 0.25) is 5.02 Å². The number of benzene rings is 1. The molecule has 0 atom stereocenters. The summed E-state index contributed by atoms with van der Waals surface area (Å²) in [7, 11) is 0. The van der Waals surface area contributed by atoms with Crippen molar-refractivity contribution in [1.29, 1.82) is 0 Å². The first kappa shape index (κ1) is 12.6. The summed E-state index contributed by atoms with van der Waals surface area (Å²) in [5, 5.41) is 13.7. The van der Waals surface area contributed by atoms with Gasteiger partial charge in [-0.05, 0) is 31.5 Å². The number of carboxylic acid groups (broad SMARTS) is 1. The average molecular weight is 265 g/mol. The summed E-state index contributed by atoms with van der Waals surface area (Å²) in [6, 6.07) is 7.46. The second kappa shape index (κ2) is 4.82. The van der Waals surface area contributed by atoms with Crippen LogP contribution in [0.15, 0.2) is 24.3 Å². The fourth-order valence-corrected chi connectivity index (χ4v) is 2.23. The highest BCUT2D eigenvalue weighted by Gasteiger charge is 2.14. The molecule has 1 aromatic heterocycles. The number of nitrogens with zero attached hydrogens (tertiary/aromatic N) is 2. The summed E-state index contributed by atoms with van der Waals surface area (Å²) in [5.74, 6) is -0.904. The molecule has 0 bridgehead atoms. The predicted molar refractivity (Wildman–Crippen MR) is 69.8 cm³/mol. The van der Waals surface area contributed by atoms with E-state index in [0.29, 0.717) is 5.02 Å². The van der Waals surface area contributed by atoms with Crippen LogP contribution in [0.4, 0.5) is 0 Å². The molecule has 1 aromatic carbocycles. The molecule has 1 heterocycles. The van der Waals surface area contributed by atoms with E-state index in [1.165, 1.54) is 4.68 Å². The topological polar surface area (TPSA) is 55.1 Å². The molecule has 2 rings (SSSR count). The lowest BCUT2D eigenvalue weighted by Gasteiger charge is -2.04. The second-order valence-corrected chi connectivity index (χ2v) is 4.54. The van der Waals surface area contributed by atoms with Gasteiger partial charge in [0.15, 0.2) is 0 Å². The highest BCUT2D eigenvalue weighted by atomic mass is 35.5. The standard InChI is InChI=1S/C13H13ClN2O2/c1-8-13(10-4-3-5-11(14)6-10)9(2)16(15-8)7-12(17)18/h3-6H,7H2,1-2H3,(H,17,18).